The summed E-state index contributed by atoms with van der Waals surface area (Å²) >= 11 is 0. The standard InChI is InChI=1S/C19H21NO4/c1-13(2)24-12-15-3-7-16(8-4-15)19(23)20-17-9-5-14(6-10-17)11-18(21)22/h3-10,13H,11-12H2,1-2H3,(H,20,23)(H,21,22). The number of carbonyl (C=O) groups excluding carboxylic acids is 1. The Hall–Kier alpha value is -2.66. The molecule has 0 fully saturated rings. The first-order valence-electron chi connectivity index (χ1n) is 7.76. The van der Waals surface area contributed by atoms with E-state index in [9.17, 15) is 9.59 Å². The predicted octanol–water partition coefficient (Wildman–Crippen LogP) is 3.49. The van der Waals surface area contributed by atoms with Crippen LogP contribution in [0.4, 0.5) is 5.69 Å². The number of hydrogen-bond donors (Lipinski definition) is 2. The maximum atomic E-state index is 12.2. The van der Waals surface area contributed by atoms with Crippen molar-refractivity contribution in [1.29, 1.82) is 0 Å². The largest absolute Gasteiger partial charge is 0.481 e. The number of carboxylic acids is 1. The second kappa shape index (κ2) is 8.26. The highest BCUT2D eigenvalue weighted by atomic mass is 16.5. The lowest BCUT2D eigenvalue weighted by Crippen LogP contribution is -2.12. The average Bonchev–Trinajstić information content (AvgIpc) is 2.54. The van der Waals surface area contributed by atoms with Crippen LogP contribution in [0.3, 0.4) is 0 Å². The summed E-state index contributed by atoms with van der Waals surface area (Å²) in [6.07, 6.45) is 0.130. The molecule has 1 amide bonds. The smallest absolute Gasteiger partial charge is 0.307 e. The average molecular weight is 327 g/mol. The molecule has 126 valence electrons. The number of carboxylic acid groups (broad SMARTS) is 1. The minimum atomic E-state index is -0.881. The summed E-state index contributed by atoms with van der Waals surface area (Å²) < 4.78 is 5.52. The van der Waals surface area contributed by atoms with Crippen molar-refractivity contribution < 1.29 is 19.4 Å². The van der Waals surface area contributed by atoms with E-state index in [-0.39, 0.29) is 18.4 Å². The molecule has 0 spiro atoms. The molecule has 0 heterocycles. The van der Waals surface area contributed by atoms with E-state index < -0.39 is 5.97 Å². The van der Waals surface area contributed by atoms with E-state index in [0.717, 1.165) is 5.56 Å². The molecule has 0 bridgehead atoms. The van der Waals surface area contributed by atoms with Crippen molar-refractivity contribution in [1.82, 2.24) is 0 Å². The number of aliphatic carboxylic acids is 1. The molecule has 0 radical (unpaired) electrons. The van der Waals surface area contributed by atoms with E-state index in [1.807, 2.05) is 26.0 Å². The van der Waals surface area contributed by atoms with Gasteiger partial charge in [-0.05, 0) is 49.2 Å². The lowest BCUT2D eigenvalue weighted by atomic mass is 10.1. The summed E-state index contributed by atoms with van der Waals surface area (Å²) in [5, 5.41) is 11.5. The third kappa shape index (κ3) is 5.52. The maximum absolute atomic E-state index is 12.2. The van der Waals surface area contributed by atoms with Gasteiger partial charge >= 0.3 is 5.97 Å². The van der Waals surface area contributed by atoms with Crippen LogP contribution in [0.2, 0.25) is 0 Å². The van der Waals surface area contributed by atoms with Crippen molar-refractivity contribution in [3.8, 4) is 0 Å². The van der Waals surface area contributed by atoms with Gasteiger partial charge in [0.05, 0.1) is 19.1 Å². The van der Waals surface area contributed by atoms with Gasteiger partial charge in [0.2, 0.25) is 0 Å². The van der Waals surface area contributed by atoms with Gasteiger partial charge in [-0.3, -0.25) is 9.59 Å². The first-order chi connectivity index (χ1) is 11.4. The third-order valence-corrected chi connectivity index (χ3v) is 3.37. The summed E-state index contributed by atoms with van der Waals surface area (Å²) in [7, 11) is 0. The zero-order valence-electron chi connectivity index (χ0n) is 13.8. The molecular formula is C19H21NO4. The molecule has 2 rings (SSSR count). The van der Waals surface area contributed by atoms with Crippen molar-refractivity contribution >= 4 is 17.6 Å². The van der Waals surface area contributed by atoms with Crippen LogP contribution in [-0.2, 0) is 22.6 Å². The lowest BCUT2D eigenvalue weighted by molar-refractivity contribution is -0.136. The number of anilines is 1. The molecule has 2 N–H and O–H groups in total. The molecule has 0 saturated carbocycles. The molecule has 0 atom stereocenters. The number of ether oxygens (including phenoxy) is 1. The van der Waals surface area contributed by atoms with E-state index in [0.29, 0.717) is 23.4 Å². The maximum Gasteiger partial charge on any atom is 0.307 e. The molecule has 2 aromatic carbocycles. The number of amides is 1. The molecular weight excluding hydrogens is 306 g/mol. The quantitative estimate of drug-likeness (QED) is 0.816. The highest BCUT2D eigenvalue weighted by molar-refractivity contribution is 6.04. The molecule has 0 aliphatic heterocycles. The van der Waals surface area contributed by atoms with Crippen LogP contribution in [0, 0.1) is 0 Å². The molecule has 5 nitrogen and oxygen atoms in total. The fourth-order valence-corrected chi connectivity index (χ4v) is 2.10. The fraction of sp³-hybridized carbons (Fsp3) is 0.263. The van der Waals surface area contributed by atoms with E-state index in [1.165, 1.54) is 0 Å². The van der Waals surface area contributed by atoms with Gasteiger partial charge in [-0.25, -0.2) is 0 Å². The van der Waals surface area contributed by atoms with Crippen LogP contribution < -0.4 is 5.32 Å². The topological polar surface area (TPSA) is 75.6 Å². The van der Waals surface area contributed by atoms with Gasteiger partial charge in [-0.1, -0.05) is 24.3 Å². The van der Waals surface area contributed by atoms with Crippen molar-refractivity contribution in [3.05, 3.63) is 65.2 Å². The Morgan fingerprint density at radius 1 is 1.00 bits per heavy atom. The van der Waals surface area contributed by atoms with Gasteiger partial charge in [-0.2, -0.15) is 0 Å². The van der Waals surface area contributed by atoms with E-state index in [4.69, 9.17) is 9.84 Å². The summed E-state index contributed by atoms with van der Waals surface area (Å²) in [6.45, 7) is 4.47. The summed E-state index contributed by atoms with van der Waals surface area (Å²) in [5.74, 6) is -1.09. The molecule has 5 heteroatoms. The SMILES string of the molecule is CC(C)OCc1ccc(C(=O)Nc2ccc(CC(=O)O)cc2)cc1. The molecule has 2 aromatic rings. The second-order valence-corrected chi connectivity index (χ2v) is 5.78. The van der Waals surface area contributed by atoms with Crippen LogP contribution in [0.15, 0.2) is 48.5 Å². The van der Waals surface area contributed by atoms with E-state index >= 15 is 0 Å². The van der Waals surface area contributed by atoms with Crippen molar-refractivity contribution in [3.63, 3.8) is 0 Å². The Bertz CT molecular complexity index is 690. The molecule has 0 aliphatic rings. The highest BCUT2D eigenvalue weighted by Crippen LogP contribution is 2.13. The normalized spacial score (nSPS) is 10.6. The Kier molecular flexibility index (Phi) is 6.09. The van der Waals surface area contributed by atoms with Gasteiger partial charge in [0.15, 0.2) is 0 Å². The Balaban J connectivity index is 1.95. The first kappa shape index (κ1) is 17.7. The van der Waals surface area contributed by atoms with Crippen LogP contribution in [0.25, 0.3) is 0 Å². The van der Waals surface area contributed by atoms with Gasteiger partial charge in [0.25, 0.3) is 5.91 Å². The van der Waals surface area contributed by atoms with Crippen LogP contribution in [-0.4, -0.2) is 23.1 Å². The van der Waals surface area contributed by atoms with E-state index in [2.05, 4.69) is 5.32 Å². The predicted molar refractivity (Wildman–Crippen MR) is 92.1 cm³/mol. The van der Waals surface area contributed by atoms with Crippen molar-refractivity contribution in [2.24, 2.45) is 0 Å². The molecule has 0 saturated heterocycles. The molecule has 0 aliphatic carbocycles. The Morgan fingerprint density at radius 2 is 1.58 bits per heavy atom. The minimum absolute atomic E-state index is 0.0336. The number of rotatable bonds is 7. The van der Waals surface area contributed by atoms with Gasteiger partial charge < -0.3 is 15.2 Å². The third-order valence-electron chi connectivity index (χ3n) is 3.37. The van der Waals surface area contributed by atoms with Crippen molar-refractivity contribution in [2.75, 3.05) is 5.32 Å². The summed E-state index contributed by atoms with van der Waals surface area (Å²) in [6, 6.07) is 14.0. The minimum Gasteiger partial charge on any atom is -0.481 e. The first-order valence-corrected chi connectivity index (χ1v) is 7.76. The van der Waals surface area contributed by atoms with Gasteiger partial charge in [-0.15, -0.1) is 0 Å². The van der Waals surface area contributed by atoms with E-state index in [1.54, 1.807) is 36.4 Å². The zero-order chi connectivity index (χ0) is 17.5. The second-order valence-electron chi connectivity index (χ2n) is 5.78. The number of benzene rings is 2. The fourth-order valence-electron chi connectivity index (χ4n) is 2.10. The molecule has 24 heavy (non-hydrogen) atoms. The number of nitrogens with one attached hydrogen (secondary N) is 1. The van der Waals surface area contributed by atoms with Crippen LogP contribution in [0.5, 0.6) is 0 Å². The highest BCUT2D eigenvalue weighted by Gasteiger charge is 2.07. The van der Waals surface area contributed by atoms with Crippen molar-refractivity contribution in [2.45, 2.75) is 33.0 Å². The summed E-state index contributed by atoms with van der Waals surface area (Å²) in [5.41, 5.74) is 2.88. The Labute approximate surface area is 141 Å². The van der Waals surface area contributed by atoms with Crippen LogP contribution in [0.1, 0.15) is 35.3 Å². The Morgan fingerprint density at radius 3 is 2.12 bits per heavy atom. The zero-order valence-corrected chi connectivity index (χ0v) is 13.8. The lowest BCUT2D eigenvalue weighted by Gasteiger charge is -2.09. The number of carbonyl (C=O) groups is 2. The molecule has 0 aromatic heterocycles. The molecule has 0 unspecified atom stereocenters. The van der Waals surface area contributed by atoms with Crippen LogP contribution >= 0.6 is 0 Å². The van der Waals surface area contributed by atoms with Gasteiger partial charge in [0.1, 0.15) is 0 Å². The van der Waals surface area contributed by atoms with Gasteiger partial charge in [0, 0.05) is 11.3 Å². The summed E-state index contributed by atoms with van der Waals surface area (Å²) in [4.78, 5) is 22.9. The number of hydrogen-bond acceptors (Lipinski definition) is 3. The monoisotopic (exact) mass is 327 g/mol.